The molecule has 18 heavy (non-hydrogen) atoms. The molecule has 2 atom stereocenters. The zero-order valence-electron chi connectivity index (χ0n) is 10.9. The molecule has 0 saturated heterocycles. The summed E-state index contributed by atoms with van der Waals surface area (Å²) in [6.45, 7) is 7.15. The van der Waals surface area contributed by atoms with Crippen molar-refractivity contribution in [1.82, 2.24) is 5.32 Å². The molecule has 1 aromatic carbocycles. The first kappa shape index (κ1) is 14.9. The second-order valence-electron chi connectivity index (χ2n) is 4.32. The second-order valence-corrected chi connectivity index (χ2v) is 4.73. The summed E-state index contributed by atoms with van der Waals surface area (Å²) in [4.78, 5) is 10.2. The van der Waals surface area contributed by atoms with E-state index in [1.54, 1.807) is 6.07 Å². The Hall–Kier alpha value is -1.13. The van der Waals surface area contributed by atoms with Crippen LogP contribution in [-0.2, 0) is 0 Å². The van der Waals surface area contributed by atoms with Gasteiger partial charge in [0.25, 0.3) is 5.69 Å². The molecule has 0 saturated carbocycles. The molecule has 0 radical (unpaired) electrons. The van der Waals surface area contributed by atoms with Gasteiger partial charge in [0.05, 0.1) is 9.95 Å². The summed E-state index contributed by atoms with van der Waals surface area (Å²) < 4.78 is 0. The van der Waals surface area contributed by atoms with Crippen LogP contribution in [0, 0.1) is 10.1 Å². The van der Waals surface area contributed by atoms with E-state index < -0.39 is 4.92 Å². The van der Waals surface area contributed by atoms with Crippen LogP contribution in [0.5, 0.6) is 0 Å². The van der Waals surface area contributed by atoms with Gasteiger partial charge in [-0.3, -0.25) is 10.1 Å². The molecule has 0 fully saturated rings. The van der Waals surface area contributed by atoms with E-state index in [1.807, 2.05) is 0 Å². The van der Waals surface area contributed by atoms with Gasteiger partial charge in [0.2, 0.25) is 0 Å². The SMILES string of the molecule is CCNC(C)C(CC)c1ccc([N+](=O)[O-])cc1Cl. The monoisotopic (exact) mass is 270 g/mol. The third-order valence-electron chi connectivity index (χ3n) is 3.16. The van der Waals surface area contributed by atoms with E-state index in [1.165, 1.54) is 12.1 Å². The van der Waals surface area contributed by atoms with Crippen molar-refractivity contribution in [2.24, 2.45) is 0 Å². The fourth-order valence-corrected chi connectivity index (χ4v) is 2.55. The number of nitrogens with one attached hydrogen (secondary N) is 1. The minimum absolute atomic E-state index is 0.0368. The second kappa shape index (κ2) is 6.71. The van der Waals surface area contributed by atoms with Gasteiger partial charge in [-0.25, -0.2) is 0 Å². The summed E-state index contributed by atoms with van der Waals surface area (Å²) in [5.41, 5.74) is 1.01. The molecule has 1 aromatic rings. The molecule has 2 unspecified atom stereocenters. The number of likely N-dealkylation sites (N-methyl/N-ethyl adjacent to an activating group) is 1. The van der Waals surface area contributed by atoms with Crippen LogP contribution in [0.1, 0.15) is 38.7 Å². The average Bonchev–Trinajstić information content (AvgIpc) is 2.32. The molecule has 4 nitrogen and oxygen atoms in total. The van der Waals surface area contributed by atoms with Gasteiger partial charge >= 0.3 is 0 Å². The Morgan fingerprint density at radius 2 is 2.11 bits per heavy atom. The maximum atomic E-state index is 10.7. The predicted molar refractivity (Wildman–Crippen MR) is 74.3 cm³/mol. The lowest BCUT2D eigenvalue weighted by atomic mass is 9.90. The zero-order chi connectivity index (χ0) is 13.7. The molecule has 0 aliphatic rings. The third kappa shape index (κ3) is 3.43. The summed E-state index contributed by atoms with van der Waals surface area (Å²) in [6.07, 6.45) is 0.936. The number of hydrogen-bond donors (Lipinski definition) is 1. The van der Waals surface area contributed by atoms with E-state index in [4.69, 9.17) is 11.6 Å². The van der Waals surface area contributed by atoms with E-state index in [0.29, 0.717) is 11.1 Å². The average molecular weight is 271 g/mol. The minimum atomic E-state index is -0.426. The largest absolute Gasteiger partial charge is 0.314 e. The van der Waals surface area contributed by atoms with Crippen LogP contribution in [0.3, 0.4) is 0 Å². The molecule has 0 spiro atoms. The number of rotatable bonds is 6. The Balaban J connectivity index is 3.03. The lowest BCUT2D eigenvalue weighted by Crippen LogP contribution is -2.31. The van der Waals surface area contributed by atoms with Crippen LogP contribution in [-0.4, -0.2) is 17.5 Å². The van der Waals surface area contributed by atoms with Crippen LogP contribution in [0.25, 0.3) is 0 Å². The molecule has 5 heteroatoms. The van der Waals surface area contributed by atoms with E-state index in [-0.39, 0.29) is 11.6 Å². The van der Waals surface area contributed by atoms with Crippen molar-refractivity contribution in [1.29, 1.82) is 0 Å². The summed E-state index contributed by atoms with van der Waals surface area (Å²) in [5, 5.41) is 14.5. The highest BCUT2D eigenvalue weighted by Crippen LogP contribution is 2.32. The van der Waals surface area contributed by atoms with Crippen LogP contribution in [0.2, 0.25) is 5.02 Å². The fourth-order valence-electron chi connectivity index (χ4n) is 2.24. The molecule has 0 aliphatic carbocycles. The maximum Gasteiger partial charge on any atom is 0.270 e. The number of nitrogens with zero attached hydrogens (tertiary/aromatic N) is 1. The Labute approximate surface area is 112 Å². The van der Waals surface area contributed by atoms with E-state index in [9.17, 15) is 10.1 Å². The van der Waals surface area contributed by atoms with Gasteiger partial charge in [-0.15, -0.1) is 0 Å². The van der Waals surface area contributed by atoms with E-state index >= 15 is 0 Å². The Morgan fingerprint density at radius 1 is 1.44 bits per heavy atom. The quantitative estimate of drug-likeness (QED) is 0.633. The molecule has 1 rings (SSSR count). The van der Waals surface area contributed by atoms with Crippen molar-refractivity contribution >= 4 is 17.3 Å². The summed E-state index contributed by atoms with van der Waals surface area (Å²) in [6, 6.07) is 5.00. The van der Waals surface area contributed by atoms with Crippen molar-refractivity contribution in [2.75, 3.05) is 6.54 Å². The summed E-state index contributed by atoms with van der Waals surface area (Å²) in [7, 11) is 0. The standard InChI is InChI=1S/C13H19ClN2O2/c1-4-11(9(3)15-5-2)12-7-6-10(16(17)18)8-13(12)14/h6-9,11,15H,4-5H2,1-3H3. The Bertz CT molecular complexity index is 423. The Morgan fingerprint density at radius 3 is 2.56 bits per heavy atom. The number of nitro groups is 1. The molecule has 0 amide bonds. The fraction of sp³-hybridized carbons (Fsp3) is 0.538. The van der Waals surface area contributed by atoms with Crippen molar-refractivity contribution in [3.8, 4) is 0 Å². The maximum absolute atomic E-state index is 10.7. The molecular formula is C13H19ClN2O2. The first-order chi connectivity index (χ1) is 8.51. The zero-order valence-corrected chi connectivity index (χ0v) is 11.7. The first-order valence-electron chi connectivity index (χ1n) is 6.18. The van der Waals surface area contributed by atoms with Gasteiger partial charge in [-0.2, -0.15) is 0 Å². The van der Waals surface area contributed by atoms with Crippen molar-refractivity contribution < 1.29 is 4.92 Å². The van der Waals surface area contributed by atoms with Crippen LogP contribution in [0.15, 0.2) is 18.2 Å². The van der Waals surface area contributed by atoms with Gasteiger partial charge < -0.3 is 5.32 Å². The molecule has 0 aliphatic heterocycles. The molecule has 1 N–H and O–H groups in total. The summed E-state index contributed by atoms with van der Waals surface area (Å²) >= 11 is 6.16. The smallest absolute Gasteiger partial charge is 0.270 e. The van der Waals surface area contributed by atoms with Crippen LogP contribution < -0.4 is 5.32 Å². The van der Waals surface area contributed by atoms with Crippen molar-refractivity contribution in [3.05, 3.63) is 38.9 Å². The number of non-ortho nitro benzene ring substituents is 1. The van der Waals surface area contributed by atoms with Crippen LogP contribution in [0.4, 0.5) is 5.69 Å². The van der Waals surface area contributed by atoms with Crippen molar-refractivity contribution in [2.45, 2.75) is 39.2 Å². The number of halogens is 1. The molecule has 0 aromatic heterocycles. The lowest BCUT2D eigenvalue weighted by Gasteiger charge is -2.24. The molecule has 100 valence electrons. The van der Waals surface area contributed by atoms with Crippen molar-refractivity contribution in [3.63, 3.8) is 0 Å². The minimum Gasteiger partial charge on any atom is -0.314 e. The van der Waals surface area contributed by atoms with Gasteiger partial charge in [-0.1, -0.05) is 31.5 Å². The predicted octanol–water partition coefficient (Wildman–Crippen LogP) is 3.74. The topological polar surface area (TPSA) is 55.2 Å². The highest BCUT2D eigenvalue weighted by molar-refractivity contribution is 6.31. The first-order valence-corrected chi connectivity index (χ1v) is 6.56. The molecular weight excluding hydrogens is 252 g/mol. The third-order valence-corrected chi connectivity index (χ3v) is 3.49. The number of nitro benzene ring substituents is 1. The Kier molecular flexibility index (Phi) is 5.56. The van der Waals surface area contributed by atoms with Gasteiger partial charge in [0.1, 0.15) is 0 Å². The van der Waals surface area contributed by atoms with Gasteiger partial charge in [-0.05, 0) is 25.5 Å². The number of benzene rings is 1. The molecule has 0 heterocycles. The van der Waals surface area contributed by atoms with E-state index in [0.717, 1.165) is 18.5 Å². The summed E-state index contributed by atoms with van der Waals surface area (Å²) in [5.74, 6) is 0.262. The van der Waals surface area contributed by atoms with Gasteiger partial charge in [0.15, 0.2) is 0 Å². The highest BCUT2D eigenvalue weighted by Gasteiger charge is 2.20. The van der Waals surface area contributed by atoms with Crippen LogP contribution >= 0.6 is 11.6 Å². The molecule has 0 bridgehead atoms. The lowest BCUT2D eigenvalue weighted by molar-refractivity contribution is -0.384. The normalized spacial score (nSPS) is 14.2. The van der Waals surface area contributed by atoms with E-state index in [2.05, 4.69) is 26.1 Å². The highest BCUT2D eigenvalue weighted by atomic mass is 35.5. The van der Waals surface area contributed by atoms with Gasteiger partial charge in [0, 0.05) is 24.1 Å². The number of hydrogen-bond acceptors (Lipinski definition) is 3.